The van der Waals surface area contributed by atoms with E-state index in [1.807, 2.05) is 0 Å². The van der Waals surface area contributed by atoms with E-state index < -0.39 is 125 Å². The number of H-pyrrole nitrogens is 1. The van der Waals surface area contributed by atoms with Crippen LogP contribution in [0.4, 0.5) is 5.95 Å². The van der Waals surface area contributed by atoms with Crippen LogP contribution in [0.1, 0.15) is 77.6 Å². The normalized spacial score (nSPS) is 15.2. The summed E-state index contributed by atoms with van der Waals surface area (Å²) in [4.78, 5) is 141. The van der Waals surface area contributed by atoms with Crippen molar-refractivity contribution >= 4 is 80.3 Å². The number of aliphatic hydroxyl groups excluding tert-OH is 3. The number of carbonyl (C=O) groups is 9. The lowest BCUT2D eigenvalue weighted by Crippen LogP contribution is -2.57. The van der Waals surface area contributed by atoms with Gasteiger partial charge in [0.1, 0.15) is 23.9 Å². The average Bonchev–Trinajstić information content (AvgIpc) is 1.12. The fraction of sp³-hybridized carbons (Fsp3) is 0.571. The Morgan fingerprint density at radius 3 is 1.72 bits per heavy atom. The van der Waals surface area contributed by atoms with Gasteiger partial charge in [-0.05, 0) is 68.9 Å². The van der Waals surface area contributed by atoms with Crippen molar-refractivity contribution in [2.24, 2.45) is 0 Å². The van der Waals surface area contributed by atoms with Gasteiger partial charge in [-0.3, -0.25) is 72.9 Å². The minimum atomic E-state index is -4.39. The van der Waals surface area contributed by atoms with Crippen molar-refractivity contribution in [1.29, 1.82) is 0 Å². The summed E-state index contributed by atoms with van der Waals surface area (Å²) < 4.78 is 36.3. The second-order valence-electron chi connectivity index (χ2n) is 24.3. The molecular weight excluding hydrogens is 1350 g/mol. The van der Waals surface area contributed by atoms with Gasteiger partial charge in [0.05, 0.1) is 35.8 Å². The fourth-order valence-electron chi connectivity index (χ4n) is 11.2. The number of sulfonamides is 1. The molecule has 37 nitrogen and oxygen atoms in total. The number of anilines is 1. The monoisotopic (exact) mass is 1450 g/mol. The van der Waals surface area contributed by atoms with E-state index in [2.05, 4.69) is 51.9 Å². The number of ether oxygens (including phenoxy) is 1. The number of β-amino-alcohol motifs (C(OH)–C–C–N with tert-alkyl or cyclic N) is 5. The number of aromatic nitrogens is 3. The molecule has 4 unspecified atom stereocenters. The van der Waals surface area contributed by atoms with Crippen LogP contribution in [0.2, 0.25) is 0 Å². The molecule has 0 aliphatic carbocycles. The van der Waals surface area contributed by atoms with Crippen LogP contribution in [-0.4, -0.2) is 297 Å². The molecule has 18 N–H and O–H groups in total. The number of nitrogens with zero attached hydrogens (tertiary/aromatic N) is 6. The Balaban J connectivity index is 1.04. The van der Waals surface area contributed by atoms with Gasteiger partial charge in [-0.2, -0.15) is 4.72 Å². The largest absolute Gasteiger partial charge is 0.481 e. The van der Waals surface area contributed by atoms with E-state index >= 15 is 0 Å². The van der Waals surface area contributed by atoms with Crippen molar-refractivity contribution in [2.45, 2.75) is 121 Å². The molecule has 560 valence electrons. The van der Waals surface area contributed by atoms with Crippen LogP contribution in [0.3, 0.4) is 0 Å². The highest BCUT2D eigenvalue weighted by molar-refractivity contribution is 7.89. The molecule has 0 radical (unpaired) electrons. The van der Waals surface area contributed by atoms with Gasteiger partial charge in [0.25, 0.3) is 5.91 Å². The van der Waals surface area contributed by atoms with Crippen LogP contribution in [0.5, 0.6) is 0 Å². The maximum Gasteiger partial charge on any atom is 0.323 e. The summed E-state index contributed by atoms with van der Waals surface area (Å²) in [6, 6.07) is 3.05. The number of rotatable bonds is 42. The van der Waals surface area contributed by atoms with E-state index in [0.29, 0.717) is 35.6 Å². The van der Waals surface area contributed by atoms with Gasteiger partial charge < -0.3 is 92.1 Å². The minimum Gasteiger partial charge on any atom is -0.481 e. The van der Waals surface area contributed by atoms with Crippen LogP contribution in [0.15, 0.2) is 58.6 Å². The number of carboxylic acid groups (broad SMARTS) is 4. The molecule has 5 amide bonds. The number of benzene rings is 2. The van der Waals surface area contributed by atoms with E-state index in [1.165, 1.54) is 6.20 Å². The summed E-state index contributed by atoms with van der Waals surface area (Å²) in [6.45, 7) is 5.64. The molecule has 0 spiro atoms. The first-order valence-corrected chi connectivity index (χ1v) is 34.3. The predicted octanol–water partition coefficient (Wildman–Crippen LogP) is -4.62. The Kier molecular flexibility index (Phi) is 34.5. The van der Waals surface area contributed by atoms with Crippen LogP contribution >= 0.6 is 0 Å². The summed E-state index contributed by atoms with van der Waals surface area (Å²) in [6.07, 6.45) is -1.81. The summed E-state index contributed by atoms with van der Waals surface area (Å²) in [7, 11) is -4.39. The lowest BCUT2D eigenvalue weighted by molar-refractivity contribution is -0.143. The first-order chi connectivity index (χ1) is 47.9. The molecule has 3 heterocycles. The zero-order valence-corrected chi connectivity index (χ0v) is 57.4. The summed E-state index contributed by atoms with van der Waals surface area (Å²) in [5.74, 6) is -9.04. The number of pyridine rings is 1. The topological polar surface area (TPSA) is 539 Å². The number of fused-ring (bicyclic) bond motifs is 1. The Hall–Kier alpha value is -8.64. The standard InChI is InChI=1S/C63H95N15O22S/c1-39-27-40(2)58(41(3)28-39)101(98,99)73-47(62(96)97)33-69-59(93)44-34-78(48-29-42(7-8-43(48)57(44)92)32-70-63-67-14-15-68-63)16-4-11-64-49(79)9-10-50(80)65-12-5-25-100-26-6-13-66-60(94)45(30-52(82)83)72-61(95)46(31-53(84)85)71-51(81)35-74-17-19-75(36-54(86)87)21-23-77(38-56(90)91)24-22-76(20-18-74)37-55(88)89/h7-8,14-15,27-29,34,45-47,51,54,56,71,73,81,86-87,90-91H,4-6,9-13,16-26,30-33,35-38H2,1-3H3,(H,64,79)(H,65,80)(H,66,94)(H,69,93)(H,72,95)(H,82,83)(H,84,85)(H,88,89)(H,96,97)(H2,67,68,70). The van der Waals surface area contributed by atoms with Crippen molar-refractivity contribution in [3.63, 3.8) is 0 Å². The lowest BCUT2D eigenvalue weighted by Gasteiger charge is -2.35. The zero-order valence-electron chi connectivity index (χ0n) is 56.6. The average molecular weight is 1450 g/mol. The highest BCUT2D eigenvalue weighted by Gasteiger charge is 2.33. The van der Waals surface area contributed by atoms with Gasteiger partial charge in [0.2, 0.25) is 39.1 Å². The number of imidazole rings is 1. The number of hydrogen-bond acceptors (Lipinski definition) is 25. The maximum atomic E-state index is 13.9. The molecule has 0 saturated carbocycles. The molecule has 1 aliphatic heterocycles. The third kappa shape index (κ3) is 29.8. The second-order valence-corrected chi connectivity index (χ2v) is 26.0. The van der Waals surface area contributed by atoms with Gasteiger partial charge in [-0.25, -0.2) is 13.4 Å². The number of carboxylic acids is 4. The quantitative estimate of drug-likeness (QED) is 0.0147. The number of amides is 5. The molecule has 2 aromatic heterocycles. The number of hydrogen-bond donors (Lipinski definition) is 18. The maximum absolute atomic E-state index is 13.9. The number of aliphatic hydroxyl groups is 5. The third-order valence-electron chi connectivity index (χ3n) is 16.0. The summed E-state index contributed by atoms with van der Waals surface area (Å²) in [5.41, 5.74) is 1.72. The van der Waals surface area contributed by atoms with Crippen molar-refractivity contribution in [3.8, 4) is 0 Å². The highest BCUT2D eigenvalue weighted by atomic mass is 32.2. The molecular formula is C63H95N15O22S. The Labute approximate surface area is 582 Å². The molecule has 38 heteroatoms. The molecule has 5 rings (SSSR count). The Morgan fingerprint density at radius 2 is 1.19 bits per heavy atom. The molecule has 101 heavy (non-hydrogen) atoms. The fourth-order valence-corrected chi connectivity index (χ4v) is 12.8. The zero-order chi connectivity index (χ0) is 74.3. The molecule has 2 aromatic carbocycles. The van der Waals surface area contributed by atoms with Gasteiger partial charge in [0.15, 0.2) is 18.5 Å². The number of carbonyl (C=O) groups excluding carboxylic acids is 5. The van der Waals surface area contributed by atoms with Crippen molar-refractivity contribution in [3.05, 3.63) is 87.0 Å². The third-order valence-corrected chi connectivity index (χ3v) is 17.8. The Morgan fingerprint density at radius 1 is 0.644 bits per heavy atom. The van der Waals surface area contributed by atoms with E-state index in [1.54, 1.807) is 87.7 Å². The van der Waals surface area contributed by atoms with Gasteiger partial charge in [-0.15, -0.1) is 0 Å². The van der Waals surface area contributed by atoms with Gasteiger partial charge >= 0.3 is 23.9 Å². The first-order valence-electron chi connectivity index (χ1n) is 32.8. The van der Waals surface area contributed by atoms with Crippen molar-refractivity contribution in [2.75, 3.05) is 123 Å². The van der Waals surface area contributed by atoms with Crippen LogP contribution in [-0.2, 0) is 66.2 Å². The number of aliphatic carboxylic acids is 4. The summed E-state index contributed by atoms with van der Waals surface area (Å²) >= 11 is 0. The van der Waals surface area contributed by atoms with Crippen molar-refractivity contribution in [1.82, 2.24) is 70.8 Å². The molecule has 0 bridgehead atoms. The summed E-state index contributed by atoms with van der Waals surface area (Å²) in [5, 5.41) is 107. The van der Waals surface area contributed by atoms with Crippen LogP contribution in [0, 0.1) is 20.8 Å². The smallest absolute Gasteiger partial charge is 0.323 e. The van der Waals surface area contributed by atoms with E-state index in [4.69, 9.17) is 4.74 Å². The van der Waals surface area contributed by atoms with E-state index in [0.717, 1.165) is 11.1 Å². The van der Waals surface area contributed by atoms with Gasteiger partial charge in [-0.1, -0.05) is 23.8 Å². The molecule has 1 fully saturated rings. The van der Waals surface area contributed by atoms with Crippen LogP contribution in [0.25, 0.3) is 10.9 Å². The van der Waals surface area contributed by atoms with Crippen molar-refractivity contribution < 1.29 is 102 Å². The first kappa shape index (κ1) is 83.0. The molecule has 4 atom stereocenters. The lowest BCUT2D eigenvalue weighted by atomic mass is 10.1. The van der Waals surface area contributed by atoms with E-state index in [9.17, 15) is 102 Å². The minimum absolute atomic E-state index is 0.0430. The second kappa shape index (κ2) is 41.9. The molecule has 1 aliphatic rings. The van der Waals surface area contributed by atoms with Crippen LogP contribution < -0.4 is 47.4 Å². The van der Waals surface area contributed by atoms with Gasteiger partial charge in [0, 0.05) is 161 Å². The number of aromatic amines is 1. The number of aryl methyl sites for hydroxylation is 4. The molecule has 1 saturated heterocycles. The Bertz CT molecular complexity index is 3580. The number of nitrogens with one attached hydrogen (secondary N) is 9. The molecule has 4 aromatic rings. The van der Waals surface area contributed by atoms with E-state index in [-0.39, 0.29) is 159 Å². The SMILES string of the molecule is Cc1cc(C)c(S(=O)(=O)NC(CNC(=O)c2cn(CCCNC(=O)CCC(=O)NCCCOCCCNC(=O)C(CC(=O)O)NC(=O)C(CC(=O)O)NC(O)CN3CCN(CC(=O)O)CCN(CC(O)O)CCN(CC(O)O)CC3)c3cc(CNc4ncc[nH]4)ccc3c2=O)C(=O)O)c(C)c1. The predicted molar refractivity (Wildman–Crippen MR) is 361 cm³/mol. The highest BCUT2D eigenvalue weighted by Crippen LogP contribution is 2.23.